The van der Waals surface area contributed by atoms with Gasteiger partial charge in [-0.05, 0) is 37.4 Å². The van der Waals surface area contributed by atoms with Crippen LogP contribution in [0.25, 0.3) is 0 Å². The maximum atomic E-state index is 13.1. The van der Waals surface area contributed by atoms with Crippen molar-refractivity contribution in [2.24, 2.45) is 0 Å². The van der Waals surface area contributed by atoms with Crippen LogP contribution in [0.1, 0.15) is 0 Å². The van der Waals surface area contributed by atoms with Gasteiger partial charge in [0.15, 0.2) is 0 Å². The maximum Gasteiger partial charge on any atom is 0.271 e. The van der Waals surface area contributed by atoms with Crippen LogP contribution in [0.3, 0.4) is 0 Å². The van der Waals surface area contributed by atoms with Gasteiger partial charge in [0.1, 0.15) is 5.82 Å². The molecular formula is C17H19FN4O4S. The topological polar surface area (TPSA) is 95.8 Å². The molecule has 10 heteroatoms. The second kappa shape index (κ2) is 7.49. The Morgan fingerprint density at radius 3 is 2.30 bits per heavy atom. The van der Waals surface area contributed by atoms with E-state index in [1.165, 1.54) is 12.1 Å². The number of hydrogen-bond donors (Lipinski definition) is 1. The van der Waals surface area contributed by atoms with Crippen LogP contribution < -0.4 is 9.62 Å². The summed E-state index contributed by atoms with van der Waals surface area (Å²) in [5, 5.41) is 11.1. The summed E-state index contributed by atoms with van der Waals surface area (Å²) in [6.45, 7) is 2.92. The van der Waals surface area contributed by atoms with Crippen molar-refractivity contribution in [3.8, 4) is 0 Å². The number of hydrogen-bond acceptors (Lipinski definition) is 6. The highest BCUT2D eigenvalue weighted by Crippen LogP contribution is 2.32. The highest BCUT2D eigenvalue weighted by molar-refractivity contribution is 7.92. The van der Waals surface area contributed by atoms with Crippen molar-refractivity contribution in [1.82, 2.24) is 4.90 Å². The largest absolute Gasteiger partial charge is 0.367 e. The lowest BCUT2D eigenvalue weighted by Crippen LogP contribution is -2.44. The van der Waals surface area contributed by atoms with Gasteiger partial charge < -0.3 is 9.80 Å². The zero-order chi connectivity index (χ0) is 19.6. The van der Waals surface area contributed by atoms with Crippen LogP contribution in [-0.4, -0.2) is 51.5 Å². The number of rotatable bonds is 5. The van der Waals surface area contributed by atoms with Crippen LogP contribution in [0.4, 0.5) is 21.5 Å². The molecule has 27 heavy (non-hydrogen) atoms. The molecule has 1 fully saturated rings. The molecule has 0 radical (unpaired) electrons. The average Bonchev–Trinajstić information content (AvgIpc) is 2.62. The molecule has 1 aliphatic heterocycles. The summed E-state index contributed by atoms with van der Waals surface area (Å²) >= 11 is 0. The van der Waals surface area contributed by atoms with Crippen molar-refractivity contribution in [3.63, 3.8) is 0 Å². The summed E-state index contributed by atoms with van der Waals surface area (Å²) in [4.78, 5) is 14.5. The van der Waals surface area contributed by atoms with Crippen molar-refractivity contribution < 1.29 is 17.7 Å². The molecule has 2 aromatic carbocycles. The SMILES string of the molecule is CN1CCN(c2ccc([N+](=O)[O-])cc2NS(=O)(=O)c2ccc(F)cc2)CC1. The van der Waals surface area contributed by atoms with Gasteiger partial charge in [-0.25, -0.2) is 12.8 Å². The van der Waals surface area contributed by atoms with E-state index in [2.05, 4.69) is 9.62 Å². The van der Waals surface area contributed by atoms with Crippen LogP contribution in [-0.2, 0) is 10.0 Å². The van der Waals surface area contributed by atoms with Crippen LogP contribution in [0.15, 0.2) is 47.4 Å². The Bertz CT molecular complexity index is 942. The number of halogens is 1. The molecule has 1 heterocycles. The first kappa shape index (κ1) is 19.1. The van der Waals surface area contributed by atoms with E-state index >= 15 is 0 Å². The molecule has 8 nitrogen and oxygen atoms in total. The molecule has 0 bridgehead atoms. The monoisotopic (exact) mass is 394 g/mol. The van der Waals surface area contributed by atoms with Crippen molar-refractivity contribution in [3.05, 3.63) is 58.4 Å². The first-order valence-electron chi connectivity index (χ1n) is 8.26. The standard InChI is InChI=1S/C17H19FN4O4S/c1-20-8-10-21(11-9-20)17-7-4-14(22(23)24)12-16(17)19-27(25,26)15-5-2-13(18)3-6-15/h2-7,12,19H,8-11H2,1H3. The van der Waals surface area contributed by atoms with E-state index in [0.717, 1.165) is 37.4 Å². The first-order valence-corrected chi connectivity index (χ1v) is 9.75. The minimum atomic E-state index is -4.02. The Hall–Kier alpha value is -2.72. The molecule has 0 atom stereocenters. The molecule has 2 aromatic rings. The molecule has 144 valence electrons. The van der Waals surface area contributed by atoms with E-state index in [9.17, 15) is 22.9 Å². The molecule has 1 N–H and O–H groups in total. The van der Waals surface area contributed by atoms with E-state index in [4.69, 9.17) is 0 Å². The smallest absolute Gasteiger partial charge is 0.271 e. The molecule has 0 saturated carbocycles. The third-order valence-electron chi connectivity index (χ3n) is 4.40. The summed E-state index contributed by atoms with van der Waals surface area (Å²) in [5.41, 5.74) is 0.474. The van der Waals surface area contributed by atoms with E-state index < -0.39 is 20.8 Å². The van der Waals surface area contributed by atoms with Crippen molar-refractivity contribution in [1.29, 1.82) is 0 Å². The zero-order valence-electron chi connectivity index (χ0n) is 14.6. The van der Waals surface area contributed by atoms with Gasteiger partial charge in [-0.3, -0.25) is 14.8 Å². The summed E-state index contributed by atoms with van der Waals surface area (Å²) in [5.74, 6) is -0.553. The van der Waals surface area contributed by atoms with Crippen LogP contribution in [0.2, 0.25) is 0 Å². The predicted octanol–water partition coefficient (Wildman–Crippen LogP) is 2.29. The van der Waals surface area contributed by atoms with Crippen LogP contribution in [0, 0.1) is 15.9 Å². The van der Waals surface area contributed by atoms with E-state index in [1.54, 1.807) is 6.07 Å². The number of nitrogens with zero attached hydrogens (tertiary/aromatic N) is 3. The summed E-state index contributed by atoms with van der Waals surface area (Å²) in [7, 11) is -2.03. The van der Waals surface area contributed by atoms with Gasteiger partial charge in [-0.2, -0.15) is 0 Å². The van der Waals surface area contributed by atoms with Crippen molar-refractivity contribution in [2.75, 3.05) is 42.8 Å². The molecular weight excluding hydrogens is 375 g/mol. The average molecular weight is 394 g/mol. The molecule has 0 amide bonds. The maximum absolute atomic E-state index is 13.1. The lowest BCUT2D eigenvalue weighted by atomic mass is 10.2. The fourth-order valence-electron chi connectivity index (χ4n) is 2.86. The Labute approximate surface area is 156 Å². The predicted molar refractivity (Wildman–Crippen MR) is 100 cm³/mol. The van der Waals surface area contributed by atoms with E-state index in [-0.39, 0.29) is 16.3 Å². The number of nitrogens with one attached hydrogen (secondary N) is 1. The van der Waals surface area contributed by atoms with Crippen LogP contribution >= 0.6 is 0 Å². The Kier molecular flexibility index (Phi) is 5.29. The molecule has 0 spiro atoms. The highest BCUT2D eigenvalue weighted by Gasteiger charge is 2.23. The molecule has 3 rings (SSSR count). The van der Waals surface area contributed by atoms with Crippen LogP contribution in [0.5, 0.6) is 0 Å². The normalized spacial score (nSPS) is 15.6. The number of nitro groups is 1. The number of piperazine rings is 1. The number of likely N-dealkylation sites (N-methyl/N-ethyl adjacent to an activating group) is 1. The van der Waals surface area contributed by atoms with Gasteiger partial charge in [0.25, 0.3) is 15.7 Å². The number of non-ortho nitro benzene ring substituents is 1. The quantitative estimate of drug-likeness (QED) is 0.617. The third-order valence-corrected chi connectivity index (χ3v) is 5.78. The van der Waals surface area contributed by atoms with Crippen molar-refractivity contribution >= 4 is 27.1 Å². The van der Waals surface area contributed by atoms with Gasteiger partial charge in [0, 0.05) is 38.3 Å². The molecule has 1 aliphatic rings. The second-order valence-corrected chi connectivity index (χ2v) is 7.99. The Morgan fingerprint density at radius 1 is 1.07 bits per heavy atom. The van der Waals surface area contributed by atoms with Gasteiger partial charge in [-0.1, -0.05) is 0 Å². The Balaban J connectivity index is 1.97. The lowest BCUT2D eigenvalue weighted by Gasteiger charge is -2.35. The number of nitro benzene ring substituents is 1. The molecule has 1 saturated heterocycles. The Morgan fingerprint density at radius 2 is 1.70 bits per heavy atom. The number of sulfonamides is 1. The summed E-state index contributed by atoms with van der Waals surface area (Å²) in [6, 6.07) is 8.48. The van der Waals surface area contributed by atoms with E-state index in [1.807, 2.05) is 11.9 Å². The zero-order valence-corrected chi connectivity index (χ0v) is 15.4. The lowest BCUT2D eigenvalue weighted by molar-refractivity contribution is -0.384. The molecule has 0 unspecified atom stereocenters. The van der Waals surface area contributed by atoms with Gasteiger partial charge >= 0.3 is 0 Å². The first-order chi connectivity index (χ1) is 12.8. The minimum absolute atomic E-state index is 0.123. The van der Waals surface area contributed by atoms with Gasteiger partial charge in [-0.15, -0.1) is 0 Å². The highest BCUT2D eigenvalue weighted by atomic mass is 32.2. The minimum Gasteiger partial charge on any atom is -0.367 e. The fraction of sp³-hybridized carbons (Fsp3) is 0.294. The number of benzene rings is 2. The molecule has 0 aliphatic carbocycles. The third kappa shape index (κ3) is 4.34. The summed E-state index contributed by atoms with van der Waals surface area (Å²) in [6.07, 6.45) is 0. The second-order valence-electron chi connectivity index (χ2n) is 6.31. The van der Waals surface area contributed by atoms with Gasteiger partial charge in [0.05, 0.1) is 21.2 Å². The molecule has 0 aromatic heterocycles. The van der Waals surface area contributed by atoms with Crippen molar-refractivity contribution in [2.45, 2.75) is 4.90 Å². The van der Waals surface area contributed by atoms with Gasteiger partial charge in [0.2, 0.25) is 0 Å². The summed E-state index contributed by atoms with van der Waals surface area (Å²) < 4.78 is 40.8. The number of anilines is 2. The van der Waals surface area contributed by atoms with E-state index in [0.29, 0.717) is 18.8 Å². The fourth-order valence-corrected chi connectivity index (χ4v) is 3.93.